The van der Waals surface area contributed by atoms with Gasteiger partial charge in [0.25, 0.3) is 0 Å². The highest BCUT2D eigenvalue weighted by molar-refractivity contribution is 4.88. The molecule has 2 rings (SSSR count). The van der Waals surface area contributed by atoms with E-state index < -0.39 is 0 Å². The maximum atomic E-state index is 6.09. The summed E-state index contributed by atoms with van der Waals surface area (Å²) < 4.78 is 11.5. The first kappa shape index (κ1) is 11.3. The van der Waals surface area contributed by atoms with Crippen LogP contribution in [-0.4, -0.2) is 55.6 Å². The van der Waals surface area contributed by atoms with Crippen LogP contribution in [-0.2, 0) is 9.47 Å². The van der Waals surface area contributed by atoms with Gasteiger partial charge < -0.3 is 14.8 Å². The summed E-state index contributed by atoms with van der Waals surface area (Å²) in [4.78, 5) is 2.42. The van der Waals surface area contributed by atoms with Crippen molar-refractivity contribution in [3.8, 4) is 0 Å². The summed E-state index contributed by atoms with van der Waals surface area (Å²) in [6.07, 6.45) is 0.291. The third-order valence-corrected chi connectivity index (χ3v) is 3.32. The van der Waals surface area contributed by atoms with Gasteiger partial charge >= 0.3 is 0 Å². The number of ether oxygens (including phenoxy) is 2. The first-order valence-electron chi connectivity index (χ1n) is 5.85. The largest absolute Gasteiger partial charge is 0.379 e. The van der Waals surface area contributed by atoms with Gasteiger partial charge in [0.2, 0.25) is 0 Å². The fourth-order valence-corrected chi connectivity index (χ4v) is 2.62. The van der Waals surface area contributed by atoms with Gasteiger partial charge in [-0.2, -0.15) is 0 Å². The molecule has 2 saturated heterocycles. The van der Waals surface area contributed by atoms with Crippen LogP contribution in [0.15, 0.2) is 0 Å². The molecule has 4 nitrogen and oxygen atoms in total. The van der Waals surface area contributed by atoms with E-state index in [2.05, 4.69) is 31.0 Å². The van der Waals surface area contributed by atoms with E-state index in [0.29, 0.717) is 12.1 Å². The van der Waals surface area contributed by atoms with Crippen LogP contribution in [0.2, 0.25) is 0 Å². The van der Waals surface area contributed by atoms with Crippen LogP contribution in [0.5, 0.6) is 0 Å². The fraction of sp³-hybridized carbons (Fsp3) is 1.00. The van der Waals surface area contributed by atoms with Crippen molar-refractivity contribution in [2.45, 2.75) is 38.6 Å². The molecule has 1 N–H and O–H groups in total. The van der Waals surface area contributed by atoms with Gasteiger partial charge in [-0.25, -0.2) is 0 Å². The molecule has 2 heterocycles. The van der Waals surface area contributed by atoms with E-state index in [-0.39, 0.29) is 5.72 Å². The van der Waals surface area contributed by atoms with Crippen LogP contribution in [0.1, 0.15) is 20.8 Å². The second-order valence-corrected chi connectivity index (χ2v) is 4.85. The summed E-state index contributed by atoms with van der Waals surface area (Å²) in [5, 5.41) is 3.44. The Balaban J connectivity index is 2.05. The maximum Gasteiger partial charge on any atom is 0.132 e. The minimum Gasteiger partial charge on any atom is -0.379 e. The Morgan fingerprint density at radius 1 is 1.40 bits per heavy atom. The normalized spacial score (nSPS) is 44.2. The predicted octanol–water partition coefficient (Wildman–Crippen LogP) is 0.432. The van der Waals surface area contributed by atoms with Crippen LogP contribution in [0.3, 0.4) is 0 Å². The SMILES string of the molecule is C[C@H]1CNC[C@@](C)(N2CCOC[C@@H]2C)O1. The van der Waals surface area contributed by atoms with Gasteiger partial charge in [0.15, 0.2) is 0 Å². The molecule has 0 saturated carbocycles. The molecule has 2 aliphatic rings. The Labute approximate surface area is 91.9 Å². The second kappa shape index (κ2) is 4.37. The van der Waals surface area contributed by atoms with E-state index in [1.807, 2.05) is 0 Å². The Morgan fingerprint density at radius 3 is 2.87 bits per heavy atom. The van der Waals surface area contributed by atoms with Gasteiger partial charge in [-0.15, -0.1) is 0 Å². The summed E-state index contributed by atoms with van der Waals surface area (Å²) in [7, 11) is 0. The van der Waals surface area contributed by atoms with E-state index >= 15 is 0 Å². The van der Waals surface area contributed by atoms with Gasteiger partial charge in [0.05, 0.1) is 19.3 Å². The van der Waals surface area contributed by atoms with Crippen molar-refractivity contribution in [1.29, 1.82) is 0 Å². The van der Waals surface area contributed by atoms with Crippen LogP contribution in [0.4, 0.5) is 0 Å². The standard InChI is InChI=1S/C11H22N2O2/c1-9-7-14-5-4-13(9)11(3)8-12-6-10(2)15-11/h9-10,12H,4-8H2,1-3H3/t9-,10-,11-/m0/s1. The fourth-order valence-electron chi connectivity index (χ4n) is 2.62. The van der Waals surface area contributed by atoms with Crippen molar-refractivity contribution < 1.29 is 9.47 Å². The zero-order chi connectivity index (χ0) is 10.9. The molecule has 0 spiro atoms. The number of nitrogens with one attached hydrogen (secondary N) is 1. The maximum absolute atomic E-state index is 6.09. The van der Waals surface area contributed by atoms with Crippen molar-refractivity contribution in [2.24, 2.45) is 0 Å². The zero-order valence-electron chi connectivity index (χ0n) is 9.95. The van der Waals surface area contributed by atoms with Gasteiger partial charge in [-0.1, -0.05) is 0 Å². The Bertz CT molecular complexity index is 225. The molecule has 2 aliphatic heterocycles. The molecule has 0 aromatic carbocycles. The average molecular weight is 214 g/mol. The summed E-state index contributed by atoms with van der Waals surface area (Å²) in [6, 6.07) is 0.441. The summed E-state index contributed by atoms with van der Waals surface area (Å²) in [5.74, 6) is 0. The molecule has 0 amide bonds. The molecule has 3 atom stereocenters. The minimum atomic E-state index is -0.166. The summed E-state index contributed by atoms with van der Waals surface area (Å²) in [5.41, 5.74) is -0.166. The molecular formula is C11H22N2O2. The van der Waals surface area contributed by atoms with Crippen LogP contribution in [0.25, 0.3) is 0 Å². The van der Waals surface area contributed by atoms with Crippen LogP contribution >= 0.6 is 0 Å². The van der Waals surface area contributed by atoms with Crippen LogP contribution in [0, 0.1) is 0 Å². The molecule has 0 unspecified atom stereocenters. The van der Waals surface area contributed by atoms with Crippen molar-refractivity contribution in [3.63, 3.8) is 0 Å². The molecular weight excluding hydrogens is 192 g/mol. The van der Waals surface area contributed by atoms with Gasteiger partial charge in [0, 0.05) is 25.7 Å². The highest BCUT2D eigenvalue weighted by Gasteiger charge is 2.40. The van der Waals surface area contributed by atoms with E-state index in [9.17, 15) is 0 Å². The summed E-state index contributed by atoms with van der Waals surface area (Å²) in [6.45, 7) is 11.0. The number of morpholine rings is 2. The number of rotatable bonds is 1. The van der Waals surface area contributed by atoms with Gasteiger partial charge in [0.1, 0.15) is 5.72 Å². The Hall–Kier alpha value is -0.160. The number of nitrogens with zero attached hydrogens (tertiary/aromatic N) is 1. The molecule has 0 aromatic heterocycles. The molecule has 0 radical (unpaired) electrons. The van der Waals surface area contributed by atoms with Crippen LogP contribution < -0.4 is 5.32 Å². The average Bonchev–Trinajstić information content (AvgIpc) is 2.17. The van der Waals surface area contributed by atoms with E-state index in [1.165, 1.54) is 0 Å². The molecule has 4 heteroatoms. The second-order valence-electron chi connectivity index (χ2n) is 4.85. The van der Waals surface area contributed by atoms with Gasteiger partial charge in [-0.05, 0) is 20.8 Å². The molecule has 0 aliphatic carbocycles. The molecule has 0 aromatic rings. The third kappa shape index (κ3) is 2.33. The van der Waals surface area contributed by atoms with Crippen molar-refractivity contribution >= 4 is 0 Å². The smallest absolute Gasteiger partial charge is 0.132 e. The summed E-state index contributed by atoms with van der Waals surface area (Å²) >= 11 is 0. The highest BCUT2D eigenvalue weighted by Crippen LogP contribution is 2.25. The van der Waals surface area contributed by atoms with Crippen molar-refractivity contribution in [3.05, 3.63) is 0 Å². The molecule has 88 valence electrons. The lowest BCUT2D eigenvalue weighted by Gasteiger charge is -2.49. The third-order valence-electron chi connectivity index (χ3n) is 3.32. The van der Waals surface area contributed by atoms with Crippen molar-refractivity contribution in [2.75, 3.05) is 32.8 Å². The molecule has 2 fully saturated rings. The van der Waals surface area contributed by atoms with E-state index in [4.69, 9.17) is 9.47 Å². The monoisotopic (exact) mass is 214 g/mol. The van der Waals surface area contributed by atoms with Crippen molar-refractivity contribution in [1.82, 2.24) is 10.2 Å². The molecule has 15 heavy (non-hydrogen) atoms. The zero-order valence-corrected chi connectivity index (χ0v) is 9.95. The quantitative estimate of drug-likeness (QED) is 0.686. The Kier molecular flexibility index (Phi) is 3.30. The van der Waals surface area contributed by atoms with E-state index in [0.717, 1.165) is 32.8 Å². The van der Waals surface area contributed by atoms with Gasteiger partial charge in [-0.3, -0.25) is 4.90 Å². The lowest BCUT2D eigenvalue weighted by Crippen LogP contribution is -2.65. The minimum absolute atomic E-state index is 0.166. The lowest BCUT2D eigenvalue weighted by atomic mass is 10.1. The number of hydrogen-bond acceptors (Lipinski definition) is 4. The highest BCUT2D eigenvalue weighted by atomic mass is 16.5. The molecule has 0 bridgehead atoms. The topological polar surface area (TPSA) is 33.7 Å². The number of hydrogen-bond donors (Lipinski definition) is 1. The lowest BCUT2D eigenvalue weighted by molar-refractivity contribution is -0.216. The first-order valence-corrected chi connectivity index (χ1v) is 5.85. The predicted molar refractivity (Wildman–Crippen MR) is 58.8 cm³/mol. The first-order chi connectivity index (χ1) is 7.12. The Morgan fingerprint density at radius 2 is 2.20 bits per heavy atom. The van der Waals surface area contributed by atoms with E-state index in [1.54, 1.807) is 0 Å².